The van der Waals surface area contributed by atoms with Crippen LogP contribution in [0.15, 0.2) is 306 Å². The van der Waals surface area contributed by atoms with Gasteiger partial charge in [-0.1, -0.05) is 196 Å². The SMILES string of the molecule is C=CCCC=CC(C=C)=CC=CN(C(C=C)=CC=CC(C=C)CC=C)c1ccc(-c2ccc(-c3ccc4c(c3)c3cc(C=CC=C(C=C)c5ccc(-c6ccccc6)s5)ccc3n4-c3ccccc3)cc2)cc1. The average molecular weight is 963 g/mol. The fourth-order valence-corrected chi connectivity index (χ4v) is 9.82. The first-order chi connectivity index (χ1) is 35.9. The molecule has 2 heterocycles. The minimum absolute atomic E-state index is 0.207. The number of hydrogen-bond donors (Lipinski definition) is 0. The summed E-state index contributed by atoms with van der Waals surface area (Å²) in [5.74, 6) is 0.207. The van der Waals surface area contributed by atoms with E-state index in [0.717, 1.165) is 75.3 Å². The van der Waals surface area contributed by atoms with E-state index in [4.69, 9.17) is 0 Å². The number of hydrogen-bond acceptors (Lipinski definition) is 2. The van der Waals surface area contributed by atoms with Crippen molar-refractivity contribution in [3.8, 4) is 38.4 Å². The number of nitrogens with zero attached hydrogens (tertiary/aromatic N) is 2. The third kappa shape index (κ3) is 12.6. The Balaban J connectivity index is 1.07. The third-order valence-electron chi connectivity index (χ3n) is 12.7. The quantitative estimate of drug-likeness (QED) is 0.0352. The van der Waals surface area contributed by atoms with Crippen LogP contribution in [0.25, 0.3) is 71.8 Å². The smallest absolute Gasteiger partial charge is 0.0541 e. The Hall–Kier alpha value is -8.76. The Labute approximate surface area is 437 Å². The van der Waals surface area contributed by atoms with E-state index in [0.29, 0.717) is 0 Å². The number of unbranched alkanes of at least 4 members (excludes halogenated alkanes) is 1. The van der Waals surface area contributed by atoms with Gasteiger partial charge in [0.05, 0.1) is 11.0 Å². The van der Waals surface area contributed by atoms with Gasteiger partial charge in [-0.15, -0.1) is 31.1 Å². The third-order valence-corrected chi connectivity index (χ3v) is 13.9. The van der Waals surface area contributed by atoms with Crippen molar-refractivity contribution in [3.63, 3.8) is 0 Å². The maximum atomic E-state index is 4.19. The van der Waals surface area contributed by atoms with Crippen molar-refractivity contribution in [2.24, 2.45) is 5.92 Å². The Morgan fingerprint density at radius 1 is 0.562 bits per heavy atom. The molecule has 6 aromatic carbocycles. The van der Waals surface area contributed by atoms with Gasteiger partial charge in [-0.05, 0) is 149 Å². The van der Waals surface area contributed by atoms with Crippen LogP contribution in [0.3, 0.4) is 0 Å². The monoisotopic (exact) mass is 962 g/mol. The molecule has 0 aliphatic carbocycles. The molecule has 1 atom stereocenters. The van der Waals surface area contributed by atoms with Crippen LogP contribution in [0.5, 0.6) is 0 Å². The molecule has 0 amide bonds. The molecule has 8 aromatic rings. The fraction of sp³-hybridized carbons (Fsp3) is 0.0571. The molecule has 0 saturated heterocycles. The molecule has 358 valence electrons. The van der Waals surface area contributed by atoms with Crippen LogP contribution in [0.1, 0.15) is 29.7 Å². The summed E-state index contributed by atoms with van der Waals surface area (Å²) in [6.07, 6.45) is 37.4. The summed E-state index contributed by atoms with van der Waals surface area (Å²) in [6, 6.07) is 56.7. The molecule has 73 heavy (non-hydrogen) atoms. The van der Waals surface area contributed by atoms with Crippen molar-refractivity contribution in [1.29, 1.82) is 0 Å². The van der Waals surface area contributed by atoms with Gasteiger partial charge in [0.2, 0.25) is 0 Å². The van der Waals surface area contributed by atoms with Crippen LogP contribution >= 0.6 is 11.3 Å². The van der Waals surface area contributed by atoms with E-state index >= 15 is 0 Å². The normalized spacial score (nSPS) is 12.8. The zero-order chi connectivity index (χ0) is 50.8. The van der Waals surface area contributed by atoms with Crippen molar-refractivity contribution in [2.75, 3.05) is 4.90 Å². The number of fused-ring (bicyclic) bond motifs is 3. The lowest BCUT2D eigenvalue weighted by molar-refractivity contribution is 0.836. The van der Waals surface area contributed by atoms with Gasteiger partial charge >= 0.3 is 0 Å². The molecular weight excluding hydrogens is 901 g/mol. The van der Waals surface area contributed by atoms with E-state index in [1.807, 2.05) is 42.5 Å². The average Bonchev–Trinajstić information content (AvgIpc) is 4.06. The topological polar surface area (TPSA) is 8.17 Å². The number of rotatable bonds is 23. The molecule has 0 radical (unpaired) electrons. The summed E-state index contributed by atoms with van der Waals surface area (Å²) in [5, 5.41) is 2.41. The number of para-hydroxylation sites is 1. The van der Waals surface area contributed by atoms with E-state index in [9.17, 15) is 0 Å². The maximum Gasteiger partial charge on any atom is 0.0541 e. The van der Waals surface area contributed by atoms with Crippen LogP contribution in [0, 0.1) is 5.92 Å². The molecule has 1 unspecified atom stereocenters. The Morgan fingerprint density at radius 3 is 1.90 bits per heavy atom. The minimum atomic E-state index is 0.207. The predicted octanol–water partition coefficient (Wildman–Crippen LogP) is 20.1. The molecule has 0 aliphatic heterocycles. The molecule has 0 aliphatic rings. The van der Waals surface area contributed by atoms with Gasteiger partial charge in [0.1, 0.15) is 0 Å². The number of allylic oxidation sites excluding steroid dienone is 17. The van der Waals surface area contributed by atoms with E-state index in [2.05, 4.69) is 268 Å². The molecule has 0 fully saturated rings. The second-order valence-corrected chi connectivity index (χ2v) is 18.6. The first-order valence-electron chi connectivity index (χ1n) is 24.8. The second kappa shape index (κ2) is 25.4. The number of benzene rings is 6. The summed E-state index contributed by atoms with van der Waals surface area (Å²) in [6.45, 7) is 24.1. The predicted molar refractivity (Wildman–Crippen MR) is 323 cm³/mol. The van der Waals surface area contributed by atoms with Gasteiger partial charge in [-0.25, -0.2) is 0 Å². The Bertz CT molecular complexity index is 3450. The lowest BCUT2D eigenvalue weighted by Crippen LogP contribution is -2.13. The molecular formula is C70H62N2S. The number of thiophene rings is 1. The van der Waals surface area contributed by atoms with Crippen molar-refractivity contribution in [3.05, 3.63) is 316 Å². The van der Waals surface area contributed by atoms with Crippen molar-refractivity contribution >= 4 is 50.5 Å². The summed E-state index contributed by atoms with van der Waals surface area (Å²) in [7, 11) is 0. The molecule has 0 N–H and O–H groups in total. The first kappa shape index (κ1) is 50.6. The maximum absolute atomic E-state index is 4.19. The van der Waals surface area contributed by atoms with E-state index in [-0.39, 0.29) is 5.92 Å². The first-order valence-corrected chi connectivity index (χ1v) is 25.6. The molecule has 0 spiro atoms. The Morgan fingerprint density at radius 2 is 1.23 bits per heavy atom. The van der Waals surface area contributed by atoms with Crippen LogP contribution in [0.2, 0.25) is 0 Å². The zero-order valence-electron chi connectivity index (χ0n) is 41.6. The second-order valence-electron chi connectivity index (χ2n) is 17.5. The highest BCUT2D eigenvalue weighted by Gasteiger charge is 2.15. The Kier molecular flexibility index (Phi) is 17.6. The van der Waals surface area contributed by atoms with Gasteiger partial charge < -0.3 is 9.47 Å². The highest BCUT2D eigenvalue weighted by atomic mass is 32.1. The van der Waals surface area contributed by atoms with Gasteiger partial charge in [-0.2, -0.15) is 0 Å². The van der Waals surface area contributed by atoms with Crippen LogP contribution < -0.4 is 4.90 Å². The summed E-state index contributed by atoms with van der Waals surface area (Å²) in [4.78, 5) is 4.58. The largest absolute Gasteiger partial charge is 0.317 e. The summed E-state index contributed by atoms with van der Waals surface area (Å²) >= 11 is 1.78. The van der Waals surface area contributed by atoms with E-state index in [1.54, 1.807) is 11.3 Å². The van der Waals surface area contributed by atoms with E-state index < -0.39 is 0 Å². The standard InChI is InChI=1S/C70H62N2S/c1-7-13-14-17-26-54(10-4)29-24-50-71(62(12-6)35-23-27-53(9-3)25-8-2)63-44-41-58(42-45-63)57-37-39-59(40-38-57)61-43-47-68-66(52-61)65-51-55(36-46-67(65)72(68)64-33-20-16-21-34-64)28-22-32-56(11-5)69-48-49-70(73-69)60-30-18-15-19-31-60/h7-12,15-24,26-53H,1-6,13-14,25H2. The lowest BCUT2D eigenvalue weighted by atomic mass is 9.98. The summed E-state index contributed by atoms with van der Waals surface area (Å²) in [5.41, 5.74) is 14.5. The fourth-order valence-electron chi connectivity index (χ4n) is 8.79. The van der Waals surface area contributed by atoms with Crippen molar-refractivity contribution < 1.29 is 0 Å². The zero-order valence-corrected chi connectivity index (χ0v) is 42.4. The minimum Gasteiger partial charge on any atom is -0.317 e. The van der Waals surface area contributed by atoms with Crippen molar-refractivity contribution in [2.45, 2.75) is 19.3 Å². The highest BCUT2D eigenvalue weighted by molar-refractivity contribution is 7.16. The van der Waals surface area contributed by atoms with Crippen LogP contribution in [-0.4, -0.2) is 4.57 Å². The van der Waals surface area contributed by atoms with Gasteiger partial charge in [0.25, 0.3) is 0 Å². The number of anilines is 1. The molecule has 0 saturated carbocycles. The molecule has 2 nitrogen and oxygen atoms in total. The van der Waals surface area contributed by atoms with Crippen LogP contribution in [-0.2, 0) is 0 Å². The van der Waals surface area contributed by atoms with Gasteiger partial charge in [0.15, 0.2) is 0 Å². The molecule has 2 aromatic heterocycles. The number of aromatic nitrogens is 1. The molecule has 8 rings (SSSR count). The van der Waals surface area contributed by atoms with Crippen molar-refractivity contribution in [1.82, 2.24) is 4.57 Å². The summed E-state index contributed by atoms with van der Waals surface area (Å²) < 4.78 is 2.37. The molecule has 0 bridgehead atoms. The van der Waals surface area contributed by atoms with E-state index in [1.165, 1.54) is 37.1 Å². The van der Waals surface area contributed by atoms with Gasteiger partial charge in [0, 0.05) is 43.8 Å². The molecule has 3 heteroatoms. The van der Waals surface area contributed by atoms with Gasteiger partial charge in [-0.3, -0.25) is 0 Å². The lowest BCUT2D eigenvalue weighted by Gasteiger charge is -2.22. The highest BCUT2D eigenvalue weighted by Crippen LogP contribution is 2.37. The van der Waals surface area contributed by atoms with Crippen LogP contribution in [0.4, 0.5) is 5.69 Å².